The SMILES string of the molecule is CC(C)Oc1ccc(CC2=C(c3ccc4nsnc4c3)C(=O)OC2(O)c2ccc3c(c2)OCCCO3)cc1OC(C)C. The number of hydrogen-bond donors (Lipinski definition) is 1. The van der Waals surface area contributed by atoms with E-state index in [4.69, 9.17) is 23.7 Å². The van der Waals surface area contributed by atoms with Gasteiger partial charge in [0, 0.05) is 24.0 Å². The molecule has 218 valence electrons. The summed E-state index contributed by atoms with van der Waals surface area (Å²) >= 11 is 1.10. The Balaban J connectivity index is 1.49. The molecule has 9 nitrogen and oxygen atoms in total. The molecule has 0 fully saturated rings. The first kappa shape index (κ1) is 28.0. The van der Waals surface area contributed by atoms with Crippen molar-refractivity contribution in [2.45, 2.75) is 58.5 Å². The fourth-order valence-electron chi connectivity index (χ4n) is 5.15. The monoisotopic (exact) mass is 588 g/mol. The highest BCUT2D eigenvalue weighted by Crippen LogP contribution is 2.47. The predicted octanol–water partition coefficient (Wildman–Crippen LogP) is 5.83. The molecule has 4 aromatic rings. The summed E-state index contributed by atoms with van der Waals surface area (Å²) in [5, 5.41) is 12.2. The number of ether oxygens (including phenoxy) is 5. The average molecular weight is 589 g/mol. The molecular formula is C32H32N2O7S. The van der Waals surface area contributed by atoms with Crippen LogP contribution in [-0.2, 0) is 21.7 Å². The van der Waals surface area contributed by atoms with Crippen molar-refractivity contribution in [3.8, 4) is 23.0 Å². The van der Waals surface area contributed by atoms with Crippen molar-refractivity contribution in [1.82, 2.24) is 8.75 Å². The summed E-state index contributed by atoms with van der Waals surface area (Å²) in [6.45, 7) is 8.82. The van der Waals surface area contributed by atoms with Crippen LogP contribution in [0.25, 0.3) is 16.6 Å². The van der Waals surface area contributed by atoms with Crippen molar-refractivity contribution in [2.75, 3.05) is 13.2 Å². The number of carbonyl (C=O) groups is 1. The van der Waals surface area contributed by atoms with Crippen LogP contribution >= 0.6 is 11.7 Å². The molecule has 10 heteroatoms. The Morgan fingerprint density at radius 1 is 0.881 bits per heavy atom. The lowest BCUT2D eigenvalue weighted by Gasteiger charge is -2.26. The lowest BCUT2D eigenvalue weighted by Crippen LogP contribution is -2.30. The third-order valence-corrected chi connectivity index (χ3v) is 7.51. The first-order valence-electron chi connectivity index (χ1n) is 14.0. The van der Waals surface area contributed by atoms with E-state index in [0.717, 1.165) is 29.2 Å². The third kappa shape index (κ3) is 5.39. The van der Waals surface area contributed by atoms with Crippen molar-refractivity contribution >= 4 is 34.3 Å². The Labute approximate surface area is 248 Å². The largest absolute Gasteiger partial charge is 0.490 e. The van der Waals surface area contributed by atoms with E-state index in [9.17, 15) is 9.90 Å². The molecule has 1 atom stereocenters. The van der Waals surface area contributed by atoms with Crippen LogP contribution in [0.1, 0.15) is 50.8 Å². The number of benzene rings is 3. The minimum absolute atomic E-state index is 0.0415. The molecule has 1 N–H and O–H groups in total. The smallest absolute Gasteiger partial charge is 0.342 e. The Hall–Kier alpha value is -4.15. The molecule has 2 aliphatic heterocycles. The Kier molecular flexibility index (Phi) is 7.51. The van der Waals surface area contributed by atoms with Crippen LogP contribution in [0.2, 0.25) is 0 Å². The Morgan fingerprint density at radius 3 is 2.40 bits per heavy atom. The van der Waals surface area contributed by atoms with Gasteiger partial charge in [0.05, 0.1) is 42.7 Å². The summed E-state index contributed by atoms with van der Waals surface area (Å²) in [5.74, 6) is -0.431. The molecule has 0 spiro atoms. The van der Waals surface area contributed by atoms with Crippen LogP contribution in [0.4, 0.5) is 0 Å². The zero-order valence-corrected chi connectivity index (χ0v) is 24.7. The van der Waals surface area contributed by atoms with E-state index in [-0.39, 0.29) is 24.2 Å². The van der Waals surface area contributed by atoms with Gasteiger partial charge in [-0.25, -0.2) is 4.79 Å². The van der Waals surface area contributed by atoms with E-state index in [2.05, 4.69) is 8.75 Å². The van der Waals surface area contributed by atoms with Gasteiger partial charge >= 0.3 is 5.97 Å². The van der Waals surface area contributed by atoms with E-state index in [0.29, 0.717) is 58.4 Å². The zero-order valence-electron chi connectivity index (χ0n) is 23.9. The normalized spacial score (nSPS) is 18.5. The maximum atomic E-state index is 13.6. The van der Waals surface area contributed by atoms with Gasteiger partial charge in [0.25, 0.3) is 5.79 Å². The van der Waals surface area contributed by atoms with Crippen molar-refractivity contribution in [2.24, 2.45) is 0 Å². The van der Waals surface area contributed by atoms with Gasteiger partial charge in [0.2, 0.25) is 0 Å². The summed E-state index contributed by atoms with van der Waals surface area (Å²) in [6.07, 6.45) is 0.804. The molecule has 6 rings (SSSR count). The van der Waals surface area contributed by atoms with Gasteiger partial charge in [-0.1, -0.05) is 12.1 Å². The molecule has 3 heterocycles. The van der Waals surface area contributed by atoms with Crippen molar-refractivity contribution in [3.05, 3.63) is 76.9 Å². The standard InChI is InChI=1S/C32H32N2O7S/c1-18(2)39-27-10-6-20(15-29(27)40-19(3)4)14-23-30(21-7-9-24-25(16-21)34-42-33-24)31(35)41-32(23,36)22-8-11-26-28(17-22)38-13-5-12-37-26/h6-11,15-19,36H,5,12-14H2,1-4H3. The second-order valence-electron chi connectivity index (χ2n) is 10.9. The molecule has 0 saturated heterocycles. The highest BCUT2D eigenvalue weighted by molar-refractivity contribution is 7.00. The molecule has 0 saturated carbocycles. The lowest BCUT2D eigenvalue weighted by atomic mass is 9.87. The predicted molar refractivity (Wildman–Crippen MR) is 158 cm³/mol. The molecule has 42 heavy (non-hydrogen) atoms. The third-order valence-electron chi connectivity index (χ3n) is 6.95. The van der Waals surface area contributed by atoms with Crippen LogP contribution < -0.4 is 18.9 Å². The molecule has 1 unspecified atom stereocenters. The van der Waals surface area contributed by atoms with Gasteiger partial charge < -0.3 is 28.8 Å². The minimum Gasteiger partial charge on any atom is -0.490 e. The highest BCUT2D eigenvalue weighted by Gasteiger charge is 2.48. The highest BCUT2D eigenvalue weighted by atomic mass is 32.1. The number of rotatable bonds is 8. The van der Waals surface area contributed by atoms with Gasteiger partial charge in [-0.2, -0.15) is 8.75 Å². The summed E-state index contributed by atoms with van der Waals surface area (Å²) in [4.78, 5) is 13.6. The summed E-state index contributed by atoms with van der Waals surface area (Å²) in [5.41, 5.74) is 3.79. The fraction of sp³-hybridized carbons (Fsp3) is 0.344. The first-order valence-corrected chi connectivity index (χ1v) is 14.7. The summed E-state index contributed by atoms with van der Waals surface area (Å²) < 4.78 is 38.2. The second-order valence-corrected chi connectivity index (χ2v) is 11.4. The second kappa shape index (κ2) is 11.3. The zero-order chi connectivity index (χ0) is 29.4. The molecule has 0 radical (unpaired) electrons. The van der Waals surface area contributed by atoms with Gasteiger partial charge in [0.15, 0.2) is 23.0 Å². The minimum atomic E-state index is -2.06. The number of esters is 1. The number of aliphatic hydroxyl groups is 1. The van der Waals surface area contributed by atoms with Crippen molar-refractivity contribution in [1.29, 1.82) is 0 Å². The van der Waals surface area contributed by atoms with Crippen molar-refractivity contribution in [3.63, 3.8) is 0 Å². The average Bonchev–Trinajstić information content (AvgIpc) is 3.41. The molecule has 0 aliphatic carbocycles. The number of carbonyl (C=O) groups excluding carboxylic acids is 1. The molecule has 2 aliphatic rings. The van der Waals surface area contributed by atoms with Crippen LogP contribution in [0.3, 0.4) is 0 Å². The molecule has 0 amide bonds. The first-order chi connectivity index (χ1) is 20.2. The van der Waals surface area contributed by atoms with Crippen LogP contribution in [-0.4, -0.2) is 45.2 Å². The maximum absolute atomic E-state index is 13.6. The van der Waals surface area contributed by atoms with E-state index >= 15 is 0 Å². The van der Waals surface area contributed by atoms with E-state index in [1.165, 1.54) is 0 Å². The Bertz CT molecular complexity index is 1680. The summed E-state index contributed by atoms with van der Waals surface area (Å²) in [6, 6.07) is 16.1. The molecule has 1 aromatic heterocycles. The Morgan fingerprint density at radius 2 is 1.62 bits per heavy atom. The van der Waals surface area contributed by atoms with Gasteiger partial charge in [-0.15, -0.1) is 0 Å². The number of hydrogen-bond acceptors (Lipinski definition) is 10. The molecule has 3 aromatic carbocycles. The quantitative estimate of drug-likeness (QED) is 0.255. The summed E-state index contributed by atoms with van der Waals surface area (Å²) in [7, 11) is 0. The number of aromatic nitrogens is 2. The molecular weight excluding hydrogens is 556 g/mol. The topological polar surface area (TPSA) is 109 Å². The number of fused-ring (bicyclic) bond motifs is 2. The fourth-order valence-corrected chi connectivity index (χ4v) is 5.67. The van der Waals surface area contributed by atoms with E-state index < -0.39 is 11.8 Å². The van der Waals surface area contributed by atoms with Crippen LogP contribution in [0.5, 0.6) is 23.0 Å². The van der Waals surface area contributed by atoms with Gasteiger partial charge in [0.1, 0.15) is 11.0 Å². The van der Waals surface area contributed by atoms with Gasteiger partial charge in [-0.05, 0) is 81.3 Å². The molecule has 0 bridgehead atoms. The van der Waals surface area contributed by atoms with Crippen LogP contribution in [0, 0.1) is 0 Å². The van der Waals surface area contributed by atoms with Crippen molar-refractivity contribution < 1.29 is 33.6 Å². The lowest BCUT2D eigenvalue weighted by molar-refractivity contribution is -0.185. The maximum Gasteiger partial charge on any atom is 0.342 e. The van der Waals surface area contributed by atoms with E-state index in [1.807, 2.05) is 52.0 Å². The van der Waals surface area contributed by atoms with E-state index in [1.54, 1.807) is 30.3 Å². The number of cyclic esters (lactones) is 1. The van der Waals surface area contributed by atoms with Gasteiger partial charge in [-0.3, -0.25) is 0 Å². The number of nitrogens with zero attached hydrogens (tertiary/aromatic N) is 2. The van der Waals surface area contributed by atoms with Crippen LogP contribution in [0.15, 0.2) is 60.2 Å².